The molecule has 180 valence electrons. The predicted octanol–water partition coefficient (Wildman–Crippen LogP) is 2.42. The number of aromatic nitrogens is 1. The van der Waals surface area contributed by atoms with Crippen LogP contribution in [-0.2, 0) is 4.79 Å². The van der Waals surface area contributed by atoms with Gasteiger partial charge in [0.1, 0.15) is 5.75 Å². The number of methoxy groups -OCH3 is 1. The smallest absolute Gasteiger partial charge is 0.257 e. The van der Waals surface area contributed by atoms with Crippen molar-refractivity contribution in [2.45, 2.75) is 0 Å². The van der Waals surface area contributed by atoms with Gasteiger partial charge in [0.2, 0.25) is 5.91 Å². The predicted molar refractivity (Wildman–Crippen MR) is 133 cm³/mol. The number of rotatable bonds is 7. The fourth-order valence-electron chi connectivity index (χ4n) is 3.91. The lowest BCUT2D eigenvalue weighted by Crippen LogP contribution is -2.51. The average Bonchev–Trinajstić information content (AvgIpc) is 2.92. The molecule has 2 N–H and O–H groups in total. The summed E-state index contributed by atoms with van der Waals surface area (Å²) in [6.45, 7) is 2.05. The van der Waals surface area contributed by atoms with E-state index in [1.807, 2.05) is 18.2 Å². The van der Waals surface area contributed by atoms with Crippen LogP contribution in [0, 0.1) is 0 Å². The first kappa shape index (κ1) is 23.7. The molecule has 0 spiro atoms. The number of nitrogens with one attached hydrogen (secondary N) is 2. The van der Waals surface area contributed by atoms with E-state index in [0.717, 1.165) is 5.69 Å². The SMILES string of the molecule is COc1cccc(C(=O)NCC(=O)N2CCN(c3ccccc3C(=O)Nc3cccnc3)CC2)c1. The Labute approximate surface area is 203 Å². The summed E-state index contributed by atoms with van der Waals surface area (Å²) in [4.78, 5) is 45.8. The maximum absolute atomic E-state index is 12.9. The molecule has 3 amide bonds. The van der Waals surface area contributed by atoms with Crippen molar-refractivity contribution in [1.82, 2.24) is 15.2 Å². The zero-order chi connectivity index (χ0) is 24.6. The summed E-state index contributed by atoms with van der Waals surface area (Å²) in [6.07, 6.45) is 3.24. The maximum atomic E-state index is 12.9. The molecule has 2 heterocycles. The maximum Gasteiger partial charge on any atom is 0.257 e. The van der Waals surface area contributed by atoms with Crippen molar-refractivity contribution in [3.63, 3.8) is 0 Å². The Bertz CT molecular complexity index is 1190. The zero-order valence-corrected chi connectivity index (χ0v) is 19.4. The van der Waals surface area contributed by atoms with Crippen molar-refractivity contribution in [3.8, 4) is 5.75 Å². The molecule has 4 rings (SSSR count). The third-order valence-corrected chi connectivity index (χ3v) is 5.77. The van der Waals surface area contributed by atoms with Gasteiger partial charge in [0.25, 0.3) is 11.8 Å². The molecule has 0 bridgehead atoms. The zero-order valence-electron chi connectivity index (χ0n) is 19.4. The standard InChI is InChI=1S/C26H27N5O4/c1-35-21-8-4-6-19(16-21)25(33)28-18-24(32)31-14-12-30(13-15-31)23-10-3-2-9-22(23)26(34)29-20-7-5-11-27-17-20/h2-11,16-17H,12-15,18H2,1H3,(H,28,33)(H,29,34). The van der Waals surface area contributed by atoms with E-state index in [0.29, 0.717) is 48.7 Å². The molecular formula is C26H27N5O4. The quantitative estimate of drug-likeness (QED) is 0.546. The third kappa shape index (κ3) is 5.94. The molecule has 0 aliphatic carbocycles. The van der Waals surface area contributed by atoms with E-state index in [1.165, 1.54) is 7.11 Å². The van der Waals surface area contributed by atoms with Gasteiger partial charge in [0.05, 0.1) is 31.1 Å². The molecular weight excluding hydrogens is 446 g/mol. The average molecular weight is 474 g/mol. The topological polar surface area (TPSA) is 104 Å². The Balaban J connectivity index is 1.32. The van der Waals surface area contributed by atoms with Gasteiger partial charge in [-0.1, -0.05) is 18.2 Å². The van der Waals surface area contributed by atoms with Gasteiger partial charge in [0, 0.05) is 43.6 Å². The van der Waals surface area contributed by atoms with E-state index >= 15 is 0 Å². The number of carbonyl (C=O) groups excluding carboxylic acids is 3. The Morgan fingerprint density at radius 1 is 0.943 bits per heavy atom. The lowest BCUT2D eigenvalue weighted by molar-refractivity contribution is -0.130. The van der Waals surface area contributed by atoms with Gasteiger partial charge < -0.3 is 25.2 Å². The monoisotopic (exact) mass is 473 g/mol. The summed E-state index contributed by atoms with van der Waals surface area (Å²) in [5.41, 5.74) is 2.43. The van der Waals surface area contributed by atoms with Gasteiger partial charge in [-0.2, -0.15) is 0 Å². The summed E-state index contributed by atoms with van der Waals surface area (Å²) in [6, 6.07) is 17.7. The van der Waals surface area contributed by atoms with Crippen molar-refractivity contribution >= 4 is 29.1 Å². The number of carbonyl (C=O) groups is 3. The lowest BCUT2D eigenvalue weighted by Gasteiger charge is -2.37. The van der Waals surface area contributed by atoms with Crippen LogP contribution in [0.5, 0.6) is 5.75 Å². The highest BCUT2D eigenvalue weighted by molar-refractivity contribution is 6.08. The van der Waals surface area contributed by atoms with Crippen LogP contribution in [0.3, 0.4) is 0 Å². The van der Waals surface area contributed by atoms with E-state index in [-0.39, 0.29) is 24.3 Å². The molecule has 1 aliphatic rings. The molecule has 35 heavy (non-hydrogen) atoms. The van der Waals surface area contributed by atoms with E-state index < -0.39 is 0 Å². The second-order valence-corrected chi connectivity index (χ2v) is 8.00. The van der Waals surface area contributed by atoms with Crippen molar-refractivity contribution in [2.75, 3.05) is 50.1 Å². The number of hydrogen-bond acceptors (Lipinski definition) is 6. The Hall–Kier alpha value is -4.40. The molecule has 0 unspecified atom stereocenters. The van der Waals surface area contributed by atoms with Crippen molar-refractivity contribution in [1.29, 1.82) is 0 Å². The van der Waals surface area contributed by atoms with Gasteiger partial charge >= 0.3 is 0 Å². The Morgan fingerprint density at radius 2 is 1.74 bits per heavy atom. The van der Waals surface area contributed by atoms with Crippen LogP contribution in [0.25, 0.3) is 0 Å². The number of ether oxygens (including phenoxy) is 1. The van der Waals surface area contributed by atoms with Crippen LogP contribution in [-0.4, -0.2) is 67.4 Å². The normalized spacial score (nSPS) is 13.2. The number of anilines is 2. The molecule has 1 saturated heterocycles. The van der Waals surface area contributed by atoms with Gasteiger partial charge in [-0.25, -0.2) is 0 Å². The molecule has 9 heteroatoms. The highest BCUT2D eigenvalue weighted by Crippen LogP contribution is 2.23. The summed E-state index contributed by atoms with van der Waals surface area (Å²) in [7, 11) is 1.53. The van der Waals surface area contributed by atoms with E-state index in [2.05, 4.69) is 20.5 Å². The van der Waals surface area contributed by atoms with Crippen LogP contribution in [0.4, 0.5) is 11.4 Å². The first-order chi connectivity index (χ1) is 17.0. The number of hydrogen-bond donors (Lipinski definition) is 2. The van der Waals surface area contributed by atoms with E-state index in [9.17, 15) is 14.4 Å². The van der Waals surface area contributed by atoms with Crippen molar-refractivity contribution in [2.24, 2.45) is 0 Å². The van der Waals surface area contributed by atoms with Gasteiger partial charge in [0.15, 0.2) is 0 Å². The van der Waals surface area contributed by atoms with E-state index in [4.69, 9.17) is 4.74 Å². The minimum atomic E-state index is -0.329. The van der Waals surface area contributed by atoms with Crippen LogP contribution in [0.2, 0.25) is 0 Å². The molecule has 2 aromatic carbocycles. The molecule has 3 aromatic rings. The van der Waals surface area contributed by atoms with Gasteiger partial charge in [-0.15, -0.1) is 0 Å². The van der Waals surface area contributed by atoms with Crippen molar-refractivity contribution < 1.29 is 19.1 Å². The molecule has 1 fully saturated rings. The Morgan fingerprint density at radius 3 is 2.49 bits per heavy atom. The van der Waals surface area contributed by atoms with Crippen LogP contribution < -0.4 is 20.3 Å². The first-order valence-corrected chi connectivity index (χ1v) is 11.3. The first-order valence-electron chi connectivity index (χ1n) is 11.3. The summed E-state index contributed by atoms with van der Waals surface area (Å²) in [5, 5.41) is 5.55. The van der Waals surface area contributed by atoms with E-state index in [1.54, 1.807) is 59.8 Å². The molecule has 0 radical (unpaired) electrons. The largest absolute Gasteiger partial charge is 0.497 e. The highest BCUT2D eigenvalue weighted by atomic mass is 16.5. The second kappa shape index (κ2) is 11.1. The summed E-state index contributed by atoms with van der Waals surface area (Å²) < 4.78 is 5.14. The summed E-state index contributed by atoms with van der Waals surface area (Å²) in [5.74, 6) is -0.116. The number of para-hydroxylation sites is 1. The van der Waals surface area contributed by atoms with Gasteiger partial charge in [-0.05, 0) is 42.5 Å². The van der Waals surface area contributed by atoms with Crippen LogP contribution in [0.15, 0.2) is 73.1 Å². The second-order valence-electron chi connectivity index (χ2n) is 8.00. The van der Waals surface area contributed by atoms with Crippen LogP contribution >= 0.6 is 0 Å². The Kier molecular flexibility index (Phi) is 7.57. The molecule has 1 aromatic heterocycles. The number of amides is 3. The number of benzene rings is 2. The third-order valence-electron chi connectivity index (χ3n) is 5.77. The fraction of sp³-hybridized carbons (Fsp3) is 0.231. The van der Waals surface area contributed by atoms with Crippen molar-refractivity contribution in [3.05, 3.63) is 84.2 Å². The molecule has 0 saturated carbocycles. The fourth-order valence-corrected chi connectivity index (χ4v) is 3.91. The highest BCUT2D eigenvalue weighted by Gasteiger charge is 2.24. The molecule has 9 nitrogen and oxygen atoms in total. The number of nitrogens with zero attached hydrogens (tertiary/aromatic N) is 3. The number of pyridine rings is 1. The minimum absolute atomic E-state index is 0.0832. The summed E-state index contributed by atoms with van der Waals surface area (Å²) >= 11 is 0. The molecule has 0 atom stereocenters. The van der Waals surface area contributed by atoms with Crippen LogP contribution in [0.1, 0.15) is 20.7 Å². The molecule has 1 aliphatic heterocycles. The minimum Gasteiger partial charge on any atom is -0.497 e. The lowest BCUT2D eigenvalue weighted by atomic mass is 10.1. The van der Waals surface area contributed by atoms with Gasteiger partial charge in [-0.3, -0.25) is 19.4 Å². The number of piperazine rings is 1.